The molecule has 1 N–H and O–H groups in total. The molecule has 0 saturated carbocycles. The summed E-state index contributed by atoms with van der Waals surface area (Å²) in [6, 6.07) is 14.2. The lowest BCUT2D eigenvalue weighted by molar-refractivity contribution is 0.215. The first kappa shape index (κ1) is 16.5. The highest BCUT2D eigenvalue weighted by atomic mass is 16.5. The molecule has 5 nitrogen and oxygen atoms in total. The highest BCUT2D eigenvalue weighted by molar-refractivity contribution is 6.05. The Hall–Kier alpha value is -2.66. The number of ether oxygens (including phenoxy) is 1. The number of rotatable bonds is 4. The maximum absolute atomic E-state index is 6.13. The first-order chi connectivity index (χ1) is 13.4. The predicted octanol–water partition coefficient (Wildman–Crippen LogP) is 4.52. The Kier molecular flexibility index (Phi) is 4.38. The van der Waals surface area contributed by atoms with Crippen LogP contribution in [0.3, 0.4) is 0 Å². The molecule has 0 amide bonds. The van der Waals surface area contributed by atoms with Gasteiger partial charge in [0.2, 0.25) is 0 Å². The molecule has 2 aromatic heterocycles. The molecule has 1 aliphatic rings. The standard InChI is InChI=1S/C22H24N4O/c1-2-6-13-26(12-5-1)14-15-27-19-11-7-10-18-21(19)25-22-20(23-18)16-8-3-4-9-17(16)24-22/h3-4,7-11H,1-2,5-6,12-15H2,(H,24,25). The molecule has 0 radical (unpaired) electrons. The lowest BCUT2D eigenvalue weighted by Gasteiger charge is -2.19. The van der Waals surface area contributed by atoms with Gasteiger partial charge in [0.1, 0.15) is 23.4 Å². The van der Waals surface area contributed by atoms with Crippen molar-refractivity contribution in [1.29, 1.82) is 0 Å². The molecule has 1 saturated heterocycles. The van der Waals surface area contributed by atoms with Gasteiger partial charge in [0, 0.05) is 17.4 Å². The summed E-state index contributed by atoms with van der Waals surface area (Å²) in [5.41, 5.74) is 4.49. The van der Waals surface area contributed by atoms with Gasteiger partial charge in [-0.15, -0.1) is 0 Å². The van der Waals surface area contributed by atoms with Crippen molar-refractivity contribution < 1.29 is 4.74 Å². The van der Waals surface area contributed by atoms with E-state index in [1.165, 1.54) is 38.8 Å². The van der Waals surface area contributed by atoms with Crippen molar-refractivity contribution >= 4 is 33.1 Å². The fraction of sp³-hybridized carbons (Fsp3) is 0.364. The number of H-pyrrole nitrogens is 1. The van der Waals surface area contributed by atoms with Crippen LogP contribution < -0.4 is 4.74 Å². The van der Waals surface area contributed by atoms with E-state index in [1.54, 1.807) is 0 Å². The highest BCUT2D eigenvalue weighted by Crippen LogP contribution is 2.28. The topological polar surface area (TPSA) is 54.0 Å². The molecule has 0 spiro atoms. The maximum Gasteiger partial charge on any atom is 0.158 e. The lowest BCUT2D eigenvalue weighted by atomic mass is 10.2. The van der Waals surface area contributed by atoms with Gasteiger partial charge in [0.25, 0.3) is 0 Å². The molecule has 0 aliphatic carbocycles. The number of nitrogens with one attached hydrogen (secondary N) is 1. The van der Waals surface area contributed by atoms with Crippen LogP contribution in [-0.4, -0.2) is 46.1 Å². The third-order valence-electron chi connectivity index (χ3n) is 5.46. The number of fused-ring (bicyclic) bond motifs is 4. The number of para-hydroxylation sites is 2. The van der Waals surface area contributed by atoms with Crippen LogP contribution in [0.15, 0.2) is 42.5 Å². The number of aromatic amines is 1. The summed E-state index contributed by atoms with van der Waals surface area (Å²) in [5, 5.41) is 1.11. The molecule has 2 aromatic carbocycles. The van der Waals surface area contributed by atoms with Crippen LogP contribution in [0.1, 0.15) is 25.7 Å². The van der Waals surface area contributed by atoms with Crippen molar-refractivity contribution in [3.63, 3.8) is 0 Å². The first-order valence-corrected chi connectivity index (χ1v) is 9.91. The van der Waals surface area contributed by atoms with E-state index in [1.807, 2.05) is 30.3 Å². The van der Waals surface area contributed by atoms with Crippen LogP contribution in [0.4, 0.5) is 0 Å². The second-order valence-electron chi connectivity index (χ2n) is 7.32. The quantitative estimate of drug-likeness (QED) is 0.581. The van der Waals surface area contributed by atoms with Gasteiger partial charge in [-0.1, -0.05) is 37.1 Å². The molecule has 5 rings (SSSR count). The molecular weight excluding hydrogens is 336 g/mol. The third-order valence-corrected chi connectivity index (χ3v) is 5.46. The van der Waals surface area contributed by atoms with Gasteiger partial charge in [0.15, 0.2) is 5.65 Å². The van der Waals surface area contributed by atoms with Gasteiger partial charge in [0.05, 0.1) is 5.52 Å². The second kappa shape index (κ2) is 7.16. The van der Waals surface area contributed by atoms with Crippen LogP contribution in [-0.2, 0) is 0 Å². The molecule has 0 unspecified atom stereocenters. The van der Waals surface area contributed by atoms with E-state index in [2.05, 4.69) is 22.0 Å². The van der Waals surface area contributed by atoms with Crippen molar-refractivity contribution in [3.05, 3.63) is 42.5 Å². The average Bonchev–Trinajstić information content (AvgIpc) is 2.86. The molecule has 1 fully saturated rings. The van der Waals surface area contributed by atoms with Gasteiger partial charge in [-0.2, -0.15) is 0 Å². The van der Waals surface area contributed by atoms with Crippen LogP contribution >= 0.6 is 0 Å². The van der Waals surface area contributed by atoms with Gasteiger partial charge >= 0.3 is 0 Å². The number of aromatic nitrogens is 3. The zero-order valence-electron chi connectivity index (χ0n) is 15.4. The maximum atomic E-state index is 6.13. The molecule has 0 atom stereocenters. The minimum Gasteiger partial charge on any atom is -0.490 e. The van der Waals surface area contributed by atoms with Crippen molar-refractivity contribution in [2.24, 2.45) is 0 Å². The van der Waals surface area contributed by atoms with E-state index < -0.39 is 0 Å². The number of hydrogen-bond donors (Lipinski definition) is 1. The number of benzene rings is 2. The molecule has 27 heavy (non-hydrogen) atoms. The molecule has 4 aromatic rings. The summed E-state index contributed by atoms with van der Waals surface area (Å²) in [5.74, 6) is 0.815. The fourth-order valence-corrected chi connectivity index (χ4v) is 4.01. The van der Waals surface area contributed by atoms with Crippen molar-refractivity contribution in [2.45, 2.75) is 25.7 Å². The number of likely N-dealkylation sites (tertiary alicyclic amines) is 1. The second-order valence-corrected chi connectivity index (χ2v) is 7.32. The molecule has 3 heterocycles. The van der Waals surface area contributed by atoms with Crippen LogP contribution in [0.2, 0.25) is 0 Å². The third kappa shape index (κ3) is 3.23. The van der Waals surface area contributed by atoms with Crippen molar-refractivity contribution in [1.82, 2.24) is 19.9 Å². The lowest BCUT2D eigenvalue weighted by Crippen LogP contribution is -2.29. The van der Waals surface area contributed by atoms with Crippen LogP contribution in [0, 0.1) is 0 Å². The van der Waals surface area contributed by atoms with Crippen LogP contribution in [0.25, 0.3) is 33.1 Å². The van der Waals surface area contributed by atoms with E-state index >= 15 is 0 Å². The Morgan fingerprint density at radius 2 is 1.74 bits per heavy atom. The zero-order valence-corrected chi connectivity index (χ0v) is 15.4. The average molecular weight is 360 g/mol. The fourth-order valence-electron chi connectivity index (χ4n) is 4.01. The van der Waals surface area contributed by atoms with E-state index in [0.29, 0.717) is 6.61 Å². The largest absolute Gasteiger partial charge is 0.490 e. The number of nitrogens with zero attached hydrogens (tertiary/aromatic N) is 3. The zero-order chi connectivity index (χ0) is 18.1. The van der Waals surface area contributed by atoms with E-state index in [4.69, 9.17) is 14.7 Å². The summed E-state index contributed by atoms with van der Waals surface area (Å²) in [7, 11) is 0. The van der Waals surface area contributed by atoms with E-state index in [9.17, 15) is 0 Å². The van der Waals surface area contributed by atoms with Gasteiger partial charge in [-0.05, 0) is 44.1 Å². The van der Waals surface area contributed by atoms with Gasteiger partial charge < -0.3 is 9.72 Å². The minimum absolute atomic E-state index is 0.686. The molecular formula is C22H24N4O. The Morgan fingerprint density at radius 1 is 0.889 bits per heavy atom. The first-order valence-electron chi connectivity index (χ1n) is 9.91. The summed E-state index contributed by atoms with van der Waals surface area (Å²) >= 11 is 0. The highest BCUT2D eigenvalue weighted by Gasteiger charge is 2.13. The van der Waals surface area contributed by atoms with E-state index in [-0.39, 0.29) is 0 Å². The Labute approximate surface area is 158 Å². The minimum atomic E-state index is 0.686. The van der Waals surface area contributed by atoms with Crippen molar-refractivity contribution in [2.75, 3.05) is 26.2 Å². The smallest absolute Gasteiger partial charge is 0.158 e. The summed E-state index contributed by atoms with van der Waals surface area (Å²) in [6.07, 6.45) is 5.32. The summed E-state index contributed by atoms with van der Waals surface area (Å²) in [4.78, 5) is 15.6. The van der Waals surface area contributed by atoms with E-state index in [0.717, 1.165) is 45.4 Å². The summed E-state index contributed by atoms with van der Waals surface area (Å²) in [6.45, 7) is 4.03. The van der Waals surface area contributed by atoms with Gasteiger partial charge in [-0.25, -0.2) is 9.97 Å². The predicted molar refractivity (Wildman–Crippen MR) is 109 cm³/mol. The molecule has 0 bridgehead atoms. The molecule has 1 aliphatic heterocycles. The molecule has 5 heteroatoms. The monoisotopic (exact) mass is 360 g/mol. The van der Waals surface area contributed by atoms with Gasteiger partial charge in [-0.3, -0.25) is 4.90 Å². The van der Waals surface area contributed by atoms with Crippen molar-refractivity contribution in [3.8, 4) is 5.75 Å². The SMILES string of the molecule is c1cc(OCCN2CCCCCC2)c2nc3[nH]c4ccccc4c3nc2c1. The van der Waals surface area contributed by atoms with Crippen LogP contribution in [0.5, 0.6) is 5.75 Å². The Balaban J connectivity index is 1.43. The Morgan fingerprint density at radius 3 is 2.63 bits per heavy atom. The normalized spacial score (nSPS) is 16.1. The Bertz CT molecular complexity index is 1080. The number of hydrogen-bond acceptors (Lipinski definition) is 4. The molecule has 138 valence electrons. The summed E-state index contributed by atoms with van der Waals surface area (Å²) < 4.78 is 6.13.